The van der Waals surface area contributed by atoms with Crippen LogP contribution in [0, 0.1) is 27.7 Å². The van der Waals surface area contributed by atoms with Crippen LogP contribution in [0.2, 0.25) is 0 Å². The van der Waals surface area contributed by atoms with E-state index in [4.69, 9.17) is 4.42 Å². The molecule has 10 nitrogen and oxygen atoms in total. The molecule has 0 bridgehead atoms. The van der Waals surface area contributed by atoms with Crippen molar-refractivity contribution < 1.29 is 4.42 Å². The summed E-state index contributed by atoms with van der Waals surface area (Å²) in [5.41, 5.74) is 11.5. The van der Waals surface area contributed by atoms with E-state index >= 15 is 0 Å². The van der Waals surface area contributed by atoms with E-state index in [0.29, 0.717) is 5.58 Å². The highest BCUT2D eigenvalue weighted by Gasteiger charge is 2.07. The zero-order valence-electron chi connectivity index (χ0n) is 28.7. The summed E-state index contributed by atoms with van der Waals surface area (Å²) in [6.45, 7) is 8.10. The van der Waals surface area contributed by atoms with Crippen molar-refractivity contribution in [2.75, 3.05) is 0 Å². The first-order valence-electron chi connectivity index (χ1n) is 15.4. The summed E-state index contributed by atoms with van der Waals surface area (Å²) in [6.07, 6.45) is 1.84. The van der Waals surface area contributed by atoms with E-state index in [0.717, 1.165) is 37.8 Å². The Morgan fingerprint density at radius 2 is 1.10 bits per heavy atom. The fourth-order valence-corrected chi connectivity index (χ4v) is 6.32. The third-order valence-corrected chi connectivity index (χ3v) is 9.20. The topological polar surface area (TPSA) is 102 Å². The van der Waals surface area contributed by atoms with Crippen LogP contribution < -0.4 is 16.3 Å². The van der Waals surface area contributed by atoms with Crippen molar-refractivity contribution >= 4 is 54.7 Å². The molecular formula is C37H40N6O4S. The molecule has 0 aliphatic heterocycles. The van der Waals surface area contributed by atoms with Crippen molar-refractivity contribution in [2.45, 2.75) is 27.7 Å². The van der Waals surface area contributed by atoms with Crippen molar-refractivity contribution in [1.82, 2.24) is 27.8 Å². The van der Waals surface area contributed by atoms with Gasteiger partial charge in [0.1, 0.15) is 0 Å². The number of rotatable bonds is 0. The Kier molecular flexibility index (Phi) is 9.72. The van der Waals surface area contributed by atoms with Crippen molar-refractivity contribution in [3.8, 4) is 0 Å². The lowest BCUT2D eigenvalue weighted by molar-refractivity contribution is 0.528. The van der Waals surface area contributed by atoms with Gasteiger partial charge in [0.2, 0.25) is 0 Å². The van der Waals surface area contributed by atoms with Crippen molar-refractivity contribution in [2.24, 2.45) is 35.2 Å². The number of hydrogen-bond acceptors (Lipinski definition) is 6. The van der Waals surface area contributed by atoms with Gasteiger partial charge in [-0.15, -0.1) is 0 Å². The number of oxazole rings is 1. The largest absolute Gasteiger partial charge is 0.419 e. The number of nitrogens with zero attached hydrogens (tertiary/aromatic N) is 6. The average molecular weight is 665 g/mol. The van der Waals surface area contributed by atoms with E-state index in [1.807, 2.05) is 93.3 Å². The molecule has 11 heteroatoms. The van der Waals surface area contributed by atoms with Gasteiger partial charge in [0.25, 0.3) is 0 Å². The molecule has 0 fully saturated rings. The van der Waals surface area contributed by atoms with Crippen LogP contribution in [0.3, 0.4) is 0 Å². The van der Waals surface area contributed by atoms with Gasteiger partial charge in [0.15, 0.2) is 5.58 Å². The number of aryl methyl sites for hydroxylation is 9. The van der Waals surface area contributed by atoms with Gasteiger partial charge in [0.05, 0.1) is 44.1 Å². The van der Waals surface area contributed by atoms with Gasteiger partial charge in [-0.25, -0.2) is 14.6 Å². The number of fused-ring (bicyclic) bond motifs is 4. The van der Waals surface area contributed by atoms with Crippen LogP contribution in [0.15, 0.2) is 97.9 Å². The molecule has 4 heterocycles. The smallest absolute Gasteiger partial charge is 0.408 e. The first-order valence-corrected chi connectivity index (χ1v) is 16.2. The summed E-state index contributed by atoms with van der Waals surface area (Å²) in [5.74, 6) is -0.310. The van der Waals surface area contributed by atoms with E-state index < -0.39 is 0 Å². The fraction of sp³-hybridized carbons (Fsp3) is 0.243. The van der Waals surface area contributed by atoms with Gasteiger partial charge < -0.3 is 13.6 Å². The molecule has 0 radical (unpaired) electrons. The van der Waals surface area contributed by atoms with Gasteiger partial charge in [-0.1, -0.05) is 35.6 Å². The Balaban J connectivity index is 0.000000125. The number of hydrogen-bond donors (Lipinski definition) is 0. The fourth-order valence-electron chi connectivity index (χ4n) is 5.35. The molecule has 0 aliphatic rings. The standard InChI is InChI=1S/C10H12N2O.C9H10N2.C9H9NO2.C9H9NOS/c1-7-4-5-8-9(6-7)12(3)10(13)11(8)2;1-7-3-4-9-8(5-7)10-6-11(9)2;2*1-6-3-4-7-8(5-6)12-9(11)10(7)2/h4-6H,1-3H3;3-6H,1-2H3;2*3-5H,1-2H3. The molecule has 0 saturated carbocycles. The molecule has 0 atom stereocenters. The van der Waals surface area contributed by atoms with Crippen LogP contribution >= 0.6 is 11.3 Å². The molecular weight excluding hydrogens is 625 g/mol. The molecule has 0 spiro atoms. The van der Waals surface area contributed by atoms with Crippen LogP contribution in [0.4, 0.5) is 0 Å². The third-order valence-electron chi connectivity index (χ3n) is 8.20. The molecule has 48 heavy (non-hydrogen) atoms. The van der Waals surface area contributed by atoms with Crippen LogP contribution in [-0.2, 0) is 35.2 Å². The highest BCUT2D eigenvalue weighted by atomic mass is 32.1. The molecule has 8 rings (SSSR count). The summed E-state index contributed by atoms with van der Waals surface area (Å²) in [5, 5.41) is 0. The van der Waals surface area contributed by atoms with E-state index in [2.05, 4.69) is 30.1 Å². The Bertz CT molecular complexity index is 2500. The lowest BCUT2D eigenvalue weighted by Gasteiger charge is -1.95. The van der Waals surface area contributed by atoms with Crippen LogP contribution in [0.5, 0.6) is 0 Å². The zero-order chi connectivity index (χ0) is 34.9. The minimum absolute atomic E-state index is 0.0283. The molecule has 248 valence electrons. The number of thiazole rings is 1. The van der Waals surface area contributed by atoms with Crippen molar-refractivity contribution in [3.05, 3.63) is 132 Å². The second-order valence-corrected chi connectivity index (χ2v) is 13.0. The third kappa shape index (κ3) is 6.96. The second kappa shape index (κ2) is 13.7. The minimum Gasteiger partial charge on any atom is -0.408 e. The SMILES string of the molecule is Cc1ccc2c(c1)n(C)c(=O)n2C.Cc1ccc2c(c1)ncn2C.Cc1ccc2c(c1)oc(=O)n2C.Cc1ccc2c(c1)sc(=O)n2C. The zero-order valence-corrected chi connectivity index (χ0v) is 29.5. The van der Waals surface area contributed by atoms with Gasteiger partial charge >= 0.3 is 16.3 Å². The Labute approximate surface area is 281 Å². The van der Waals surface area contributed by atoms with E-state index in [-0.39, 0.29) is 16.3 Å². The van der Waals surface area contributed by atoms with E-state index in [1.165, 1.54) is 38.1 Å². The second-order valence-electron chi connectivity index (χ2n) is 12.0. The normalized spacial score (nSPS) is 10.9. The monoisotopic (exact) mass is 664 g/mol. The van der Waals surface area contributed by atoms with Crippen molar-refractivity contribution in [1.29, 1.82) is 0 Å². The summed E-state index contributed by atoms with van der Waals surface area (Å²) in [4.78, 5) is 38.2. The number of benzene rings is 4. The molecule has 0 amide bonds. The van der Waals surface area contributed by atoms with Crippen LogP contribution in [0.1, 0.15) is 22.3 Å². The van der Waals surface area contributed by atoms with Gasteiger partial charge in [-0.3, -0.25) is 18.5 Å². The maximum atomic E-state index is 11.5. The molecule has 8 aromatic rings. The van der Waals surface area contributed by atoms with Gasteiger partial charge in [0, 0.05) is 35.2 Å². The number of imidazole rings is 2. The van der Waals surface area contributed by atoms with E-state index in [1.54, 1.807) is 41.9 Å². The molecule has 0 saturated heterocycles. The maximum absolute atomic E-state index is 11.5. The lowest BCUT2D eigenvalue weighted by Crippen LogP contribution is -2.19. The first kappa shape index (κ1) is 33.9. The highest BCUT2D eigenvalue weighted by molar-refractivity contribution is 7.16. The summed E-state index contributed by atoms with van der Waals surface area (Å²) in [7, 11) is 9.09. The molecule has 4 aromatic carbocycles. The predicted octanol–water partition coefficient (Wildman–Crippen LogP) is 6.42. The Hall–Kier alpha value is -5.42. The Morgan fingerprint density at radius 1 is 0.562 bits per heavy atom. The molecule has 4 aromatic heterocycles. The lowest BCUT2D eigenvalue weighted by atomic mass is 10.2. The maximum Gasteiger partial charge on any atom is 0.419 e. The molecule has 0 unspecified atom stereocenters. The average Bonchev–Trinajstić information content (AvgIpc) is 3.71. The van der Waals surface area contributed by atoms with Gasteiger partial charge in [-0.05, 0) is 98.5 Å². The van der Waals surface area contributed by atoms with Crippen LogP contribution in [0.25, 0.3) is 43.4 Å². The van der Waals surface area contributed by atoms with Gasteiger partial charge in [-0.2, -0.15) is 0 Å². The van der Waals surface area contributed by atoms with Crippen molar-refractivity contribution in [3.63, 3.8) is 0 Å². The highest BCUT2D eigenvalue weighted by Crippen LogP contribution is 2.18. The summed E-state index contributed by atoms with van der Waals surface area (Å²) >= 11 is 1.30. The summed E-state index contributed by atoms with van der Waals surface area (Å²) in [6, 6.07) is 24.1. The predicted molar refractivity (Wildman–Crippen MR) is 196 cm³/mol. The summed E-state index contributed by atoms with van der Waals surface area (Å²) < 4.78 is 14.6. The Morgan fingerprint density at radius 3 is 1.79 bits per heavy atom. The first-order chi connectivity index (χ1) is 22.7. The number of aromatic nitrogens is 6. The quantitative estimate of drug-likeness (QED) is 0.186. The minimum atomic E-state index is -0.310. The van der Waals surface area contributed by atoms with Crippen LogP contribution in [-0.4, -0.2) is 27.8 Å². The van der Waals surface area contributed by atoms with E-state index in [9.17, 15) is 14.4 Å². The molecule has 0 aliphatic carbocycles. The molecule has 0 N–H and O–H groups in total.